The summed E-state index contributed by atoms with van der Waals surface area (Å²) >= 11 is 0. The van der Waals surface area contributed by atoms with Crippen LogP contribution in [-0.4, -0.2) is 53.3 Å². The smallest absolute Gasteiger partial charge is 0.217 e. The fourth-order valence-electron chi connectivity index (χ4n) is 2.96. The predicted octanol–water partition coefficient (Wildman–Crippen LogP) is 2.75. The van der Waals surface area contributed by atoms with Crippen LogP contribution < -0.4 is 15.4 Å². The van der Waals surface area contributed by atoms with E-state index in [1.54, 1.807) is 7.11 Å². The van der Waals surface area contributed by atoms with Crippen LogP contribution in [0.4, 0.5) is 5.69 Å². The van der Waals surface area contributed by atoms with Gasteiger partial charge >= 0.3 is 0 Å². The van der Waals surface area contributed by atoms with E-state index in [0.717, 1.165) is 22.8 Å². The van der Waals surface area contributed by atoms with Gasteiger partial charge in [-0.25, -0.2) is 9.98 Å². The lowest BCUT2D eigenvalue weighted by molar-refractivity contribution is 0.264. The lowest BCUT2D eigenvalue weighted by Crippen LogP contribution is -2.31. The van der Waals surface area contributed by atoms with Gasteiger partial charge in [-0.05, 0) is 51.5 Å². The number of aliphatic imine (C=N–C) groups is 2. The van der Waals surface area contributed by atoms with E-state index in [1.807, 2.05) is 56.4 Å². The summed E-state index contributed by atoms with van der Waals surface area (Å²) < 4.78 is 7.33. The maximum absolute atomic E-state index is 9.42. The summed E-state index contributed by atoms with van der Waals surface area (Å²) in [5.74, 6) is 1.47. The van der Waals surface area contributed by atoms with E-state index >= 15 is 0 Å². The Bertz CT molecular complexity index is 851. The zero-order chi connectivity index (χ0) is 21.6. The number of hydrogen-bond donors (Lipinski definition) is 2. The summed E-state index contributed by atoms with van der Waals surface area (Å²) in [6.45, 7) is 8.09. The second kappa shape index (κ2) is 10.1. The molecule has 158 valence electrons. The molecule has 0 bridgehead atoms. The highest BCUT2D eigenvalue weighted by molar-refractivity contribution is 6.13. The maximum Gasteiger partial charge on any atom is 0.217 e. The maximum atomic E-state index is 9.42. The molecule has 0 aliphatic carbocycles. The molecule has 1 atom stereocenters. The Morgan fingerprint density at radius 3 is 2.45 bits per heavy atom. The molecule has 0 aliphatic rings. The van der Waals surface area contributed by atoms with Crippen LogP contribution >= 0.6 is 0 Å². The SMILES string of the molecule is CC[C@H](CO)N=C(N)N=C(c1ncn(C(C)C)c1C)N(C)c1ccc(OC)cc1. The van der Waals surface area contributed by atoms with Gasteiger partial charge in [0.25, 0.3) is 0 Å². The number of benzene rings is 1. The summed E-state index contributed by atoms with van der Waals surface area (Å²) in [6, 6.07) is 7.66. The fraction of sp³-hybridized carbons (Fsp3) is 0.476. The monoisotopic (exact) mass is 400 g/mol. The van der Waals surface area contributed by atoms with Gasteiger partial charge in [0.2, 0.25) is 5.96 Å². The minimum Gasteiger partial charge on any atom is -0.497 e. The number of anilines is 1. The molecule has 2 aromatic rings. The number of nitrogens with two attached hydrogens (primary N) is 1. The molecular weight excluding hydrogens is 368 g/mol. The van der Waals surface area contributed by atoms with Crippen molar-refractivity contribution in [2.75, 3.05) is 25.7 Å². The van der Waals surface area contributed by atoms with Crippen LogP contribution in [0.25, 0.3) is 0 Å². The predicted molar refractivity (Wildman–Crippen MR) is 118 cm³/mol. The molecule has 0 fully saturated rings. The second-order valence-electron chi connectivity index (χ2n) is 7.10. The molecule has 2 rings (SSSR count). The van der Waals surface area contributed by atoms with Crippen molar-refractivity contribution in [3.8, 4) is 5.75 Å². The van der Waals surface area contributed by atoms with E-state index < -0.39 is 0 Å². The lowest BCUT2D eigenvalue weighted by atomic mass is 10.2. The summed E-state index contributed by atoms with van der Waals surface area (Å²) in [6.07, 6.45) is 2.49. The molecule has 1 aromatic carbocycles. The van der Waals surface area contributed by atoms with Gasteiger partial charge in [0.1, 0.15) is 11.4 Å². The fourth-order valence-corrected chi connectivity index (χ4v) is 2.96. The van der Waals surface area contributed by atoms with Crippen molar-refractivity contribution >= 4 is 17.5 Å². The van der Waals surface area contributed by atoms with Crippen LogP contribution in [0.3, 0.4) is 0 Å². The Morgan fingerprint density at radius 1 is 1.31 bits per heavy atom. The van der Waals surface area contributed by atoms with Crippen LogP contribution in [0.2, 0.25) is 0 Å². The van der Waals surface area contributed by atoms with Crippen LogP contribution in [0, 0.1) is 6.92 Å². The first-order valence-corrected chi connectivity index (χ1v) is 9.76. The normalized spacial score (nSPS) is 13.7. The van der Waals surface area contributed by atoms with E-state index in [-0.39, 0.29) is 24.7 Å². The molecular formula is C21H32N6O2. The van der Waals surface area contributed by atoms with E-state index in [1.165, 1.54) is 0 Å². The molecule has 0 saturated heterocycles. The highest BCUT2D eigenvalue weighted by Gasteiger charge is 2.20. The molecule has 0 aliphatic heterocycles. The number of aromatic nitrogens is 2. The van der Waals surface area contributed by atoms with Gasteiger partial charge in [-0.3, -0.25) is 0 Å². The highest BCUT2D eigenvalue weighted by atomic mass is 16.5. The van der Waals surface area contributed by atoms with Gasteiger partial charge in [-0.2, -0.15) is 4.99 Å². The standard InChI is InChI=1S/C21H32N6O2/c1-7-16(12-28)24-21(22)25-20(19-15(4)27(13-23-19)14(2)3)26(5)17-8-10-18(29-6)11-9-17/h8-11,13-14,16,28H,7,12H2,1-6H3,(H2,22,24)/t16-/m1/s1. The average Bonchev–Trinajstić information content (AvgIpc) is 3.11. The van der Waals surface area contributed by atoms with Crippen molar-refractivity contribution in [1.29, 1.82) is 0 Å². The number of nitrogens with zero attached hydrogens (tertiary/aromatic N) is 5. The number of ether oxygens (including phenoxy) is 1. The minimum absolute atomic E-state index is 0.0720. The first kappa shape index (κ1) is 22.4. The van der Waals surface area contributed by atoms with Crippen molar-refractivity contribution in [2.24, 2.45) is 15.7 Å². The molecule has 0 amide bonds. The number of guanidine groups is 1. The molecule has 29 heavy (non-hydrogen) atoms. The average molecular weight is 401 g/mol. The topological polar surface area (TPSA) is 101 Å². The number of rotatable bonds is 7. The van der Waals surface area contributed by atoms with E-state index in [0.29, 0.717) is 12.3 Å². The Kier molecular flexibility index (Phi) is 7.78. The van der Waals surface area contributed by atoms with Crippen molar-refractivity contribution < 1.29 is 9.84 Å². The summed E-state index contributed by atoms with van der Waals surface area (Å²) in [4.78, 5) is 15.4. The number of aliphatic hydroxyl groups is 1. The van der Waals surface area contributed by atoms with Crippen molar-refractivity contribution in [3.05, 3.63) is 42.0 Å². The quantitative estimate of drug-likeness (QED) is 0.550. The van der Waals surface area contributed by atoms with Crippen LogP contribution in [0.15, 0.2) is 40.6 Å². The number of methoxy groups -OCH3 is 1. The number of amidine groups is 1. The largest absolute Gasteiger partial charge is 0.497 e. The second-order valence-corrected chi connectivity index (χ2v) is 7.10. The zero-order valence-electron chi connectivity index (χ0n) is 18.1. The number of imidazole rings is 1. The molecule has 8 nitrogen and oxygen atoms in total. The highest BCUT2D eigenvalue weighted by Crippen LogP contribution is 2.22. The van der Waals surface area contributed by atoms with Crippen LogP contribution in [0.5, 0.6) is 5.75 Å². The Morgan fingerprint density at radius 2 is 1.97 bits per heavy atom. The summed E-state index contributed by atoms with van der Waals surface area (Å²) in [7, 11) is 3.54. The third-order valence-corrected chi connectivity index (χ3v) is 4.80. The Hall–Kier alpha value is -2.87. The Labute approximate surface area is 172 Å². The van der Waals surface area contributed by atoms with Crippen molar-refractivity contribution in [3.63, 3.8) is 0 Å². The third-order valence-electron chi connectivity index (χ3n) is 4.80. The molecule has 0 spiro atoms. The lowest BCUT2D eigenvalue weighted by Gasteiger charge is -2.22. The van der Waals surface area contributed by atoms with Gasteiger partial charge in [-0.15, -0.1) is 0 Å². The third kappa shape index (κ3) is 5.35. The first-order chi connectivity index (χ1) is 13.8. The van der Waals surface area contributed by atoms with E-state index in [4.69, 9.17) is 10.5 Å². The van der Waals surface area contributed by atoms with Crippen LogP contribution in [-0.2, 0) is 0 Å². The minimum atomic E-state index is -0.277. The Balaban J connectivity index is 2.54. The molecule has 1 aromatic heterocycles. The number of aliphatic hydroxyl groups excluding tert-OH is 1. The van der Waals surface area contributed by atoms with Crippen LogP contribution in [0.1, 0.15) is 44.6 Å². The van der Waals surface area contributed by atoms with Gasteiger partial charge in [-0.1, -0.05) is 6.92 Å². The number of hydrogen-bond acceptors (Lipinski definition) is 4. The van der Waals surface area contributed by atoms with Gasteiger partial charge in [0, 0.05) is 24.5 Å². The summed E-state index contributed by atoms with van der Waals surface area (Å²) in [5.41, 5.74) is 8.74. The molecule has 8 heteroatoms. The molecule has 0 unspecified atom stereocenters. The van der Waals surface area contributed by atoms with Gasteiger partial charge < -0.3 is 25.0 Å². The summed E-state index contributed by atoms with van der Waals surface area (Å²) in [5, 5.41) is 9.42. The molecule has 3 N–H and O–H groups in total. The molecule has 1 heterocycles. The van der Waals surface area contributed by atoms with Crippen molar-refractivity contribution in [2.45, 2.75) is 46.2 Å². The van der Waals surface area contributed by atoms with Gasteiger partial charge in [0.05, 0.1) is 26.1 Å². The zero-order valence-corrected chi connectivity index (χ0v) is 18.1. The first-order valence-electron chi connectivity index (χ1n) is 9.76. The van der Waals surface area contributed by atoms with Gasteiger partial charge in [0.15, 0.2) is 5.84 Å². The van der Waals surface area contributed by atoms with E-state index in [9.17, 15) is 5.11 Å². The van der Waals surface area contributed by atoms with E-state index in [2.05, 4.69) is 33.4 Å². The molecule has 0 saturated carbocycles. The van der Waals surface area contributed by atoms with Crippen molar-refractivity contribution in [1.82, 2.24) is 9.55 Å². The molecule has 0 radical (unpaired) electrons.